The number of piperidine rings is 1. The average molecular weight is 612 g/mol. The summed E-state index contributed by atoms with van der Waals surface area (Å²) >= 11 is 0. The molecule has 0 spiro atoms. The van der Waals surface area contributed by atoms with Gasteiger partial charge in [0.1, 0.15) is 17.6 Å². The summed E-state index contributed by atoms with van der Waals surface area (Å²) in [6.45, 7) is 9.85. The molecule has 0 N–H and O–H groups in total. The number of carbonyl (C=O) groups excluding carboxylic acids is 4. The van der Waals surface area contributed by atoms with E-state index in [1.165, 1.54) is 12.8 Å². The molecule has 3 unspecified atom stereocenters. The van der Waals surface area contributed by atoms with E-state index in [2.05, 4.69) is 20.8 Å². The summed E-state index contributed by atoms with van der Waals surface area (Å²) in [6, 6.07) is 1.62. The van der Waals surface area contributed by atoms with Crippen LogP contribution in [0.1, 0.15) is 58.8 Å². The third-order valence-electron chi connectivity index (χ3n) is 9.50. The molecule has 0 bridgehead atoms. The van der Waals surface area contributed by atoms with Gasteiger partial charge in [-0.1, -0.05) is 13.8 Å². The molecular formula is C31H45N7O6. The van der Waals surface area contributed by atoms with Crippen LogP contribution in [0.4, 0.5) is 22.4 Å². The molecule has 44 heavy (non-hydrogen) atoms. The van der Waals surface area contributed by atoms with Gasteiger partial charge in [-0.2, -0.15) is 9.97 Å². The highest BCUT2D eigenvalue weighted by atomic mass is 16.6. The molecule has 13 nitrogen and oxygen atoms in total. The quantitative estimate of drug-likeness (QED) is 0.317. The van der Waals surface area contributed by atoms with Gasteiger partial charge >= 0.3 is 12.1 Å². The Morgan fingerprint density at radius 2 is 1.45 bits per heavy atom. The topological polar surface area (TPSA) is 129 Å². The molecule has 2 amide bonds. The fourth-order valence-electron chi connectivity index (χ4n) is 7.16. The van der Waals surface area contributed by atoms with E-state index in [1.54, 1.807) is 9.80 Å². The first-order valence-electron chi connectivity index (χ1n) is 16.4. The Morgan fingerprint density at radius 3 is 2.09 bits per heavy atom. The van der Waals surface area contributed by atoms with Crippen molar-refractivity contribution < 1.29 is 28.7 Å². The van der Waals surface area contributed by atoms with Gasteiger partial charge in [0.05, 0.1) is 6.04 Å². The second kappa shape index (κ2) is 13.2. The van der Waals surface area contributed by atoms with Gasteiger partial charge in [0.2, 0.25) is 11.9 Å². The first-order valence-corrected chi connectivity index (χ1v) is 16.4. The summed E-state index contributed by atoms with van der Waals surface area (Å²) in [4.78, 5) is 71.6. The maximum Gasteiger partial charge on any atom is 0.410 e. The van der Waals surface area contributed by atoms with Gasteiger partial charge in [0.25, 0.3) is 0 Å². The zero-order valence-corrected chi connectivity index (χ0v) is 26.0. The fraction of sp³-hybridized carbons (Fsp3) is 0.742. The van der Waals surface area contributed by atoms with Crippen LogP contribution in [0.2, 0.25) is 0 Å². The predicted octanol–water partition coefficient (Wildman–Crippen LogP) is 2.08. The van der Waals surface area contributed by atoms with E-state index in [4.69, 9.17) is 19.4 Å². The summed E-state index contributed by atoms with van der Waals surface area (Å²) in [5.41, 5.74) is 0. The molecule has 6 rings (SSSR count). The fourth-order valence-corrected chi connectivity index (χ4v) is 7.16. The lowest BCUT2D eigenvalue weighted by Crippen LogP contribution is -2.59. The number of ketones is 1. The lowest BCUT2D eigenvalue weighted by molar-refractivity contribution is -0.172. The first kappa shape index (κ1) is 30.4. The van der Waals surface area contributed by atoms with Gasteiger partial charge < -0.3 is 34.0 Å². The Kier molecular flexibility index (Phi) is 9.08. The molecule has 0 saturated carbocycles. The maximum absolute atomic E-state index is 13.2. The van der Waals surface area contributed by atoms with Crippen molar-refractivity contribution in [3.05, 3.63) is 6.07 Å². The van der Waals surface area contributed by atoms with Gasteiger partial charge in [0, 0.05) is 65.0 Å². The van der Waals surface area contributed by atoms with Gasteiger partial charge in [-0.25, -0.2) is 9.59 Å². The number of rotatable bonds is 8. The van der Waals surface area contributed by atoms with Crippen LogP contribution in [-0.4, -0.2) is 121 Å². The van der Waals surface area contributed by atoms with E-state index in [9.17, 15) is 19.2 Å². The lowest BCUT2D eigenvalue weighted by Gasteiger charge is -2.39. The Morgan fingerprint density at radius 1 is 0.841 bits per heavy atom. The van der Waals surface area contributed by atoms with Gasteiger partial charge in [-0.05, 0) is 50.9 Å². The number of hydrogen-bond donors (Lipinski definition) is 0. The van der Waals surface area contributed by atoms with E-state index in [1.807, 2.05) is 13.8 Å². The van der Waals surface area contributed by atoms with Crippen molar-refractivity contribution in [1.29, 1.82) is 0 Å². The van der Waals surface area contributed by atoms with Crippen LogP contribution < -0.4 is 14.7 Å². The van der Waals surface area contributed by atoms with E-state index < -0.39 is 36.7 Å². The molecule has 0 aliphatic carbocycles. The molecule has 5 fully saturated rings. The number of piperazine rings is 1. The van der Waals surface area contributed by atoms with Gasteiger partial charge in [-0.15, -0.1) is 0 Å². The molecule has 1 aromatic rings. The van der Waals surface area contributed by atoms with Crippen LogP contribution in [0.3, 0.4) is 0 Å². The van der Waals surface area contributed by atoms with Crippen molar-refractivity contribution in [3.8, 4) is 0 Å². The number of Topliss-reactive ketones (excluding diaryl/α,β-unsaturated/α-hetero) is 1. The van der Waals surface area contributed by atoms with E-state index in [-0.39, 0.29) is 17.6 Å². The molecule has 3 atom stereocenters. The Hall–Kier alpha value is -3.64. The van der Waals surface area contributed by atoms with Crippen LogP contribution in [0.5, 0.6) is 0 Å². The number of ether oxygens (including phenoxy) is 2. The van der Waals surface area contributed by atoms with Gasteiger partial charge in [-0.3, -0.25) is 9.59 Å². The van der Waals surface area contributed by atoms with Crippen LogP contribution in [0, 0.1) is 11.8 Å². The summed E-state index contributed by atoms with van der Waals surface area (Å²) < 4.78 is 10.9. The highest BCUT2D eigenvalue weighted by Gasteiger charge is 2.51. The molecule has 240 valence electrons. The van der Waals surface area contributed by atoms with Crippen molar-refractivity contribution in [2.75, 3.05) is 80.2 Å². The second-order valence-electron chi connectivity index (χ2n) is 13.0. The van der Waals surface area contributed by atoms with Crippen molar-refractivity contribution in [1.82, 2.24) is 19.8 Å². The smallest absolute Gasteiger partial charge is 0.410 e. The highest BCUT2D eigenvalue weighted by Crippen LogP contribution is 2.34. The zero-order chi connectivity index (χ0) is 30.8. The molecule has 13 heteroatoms. The van der Waals surface area contributed by atoms with Crippen LogP contribution in [0.15, 0.2) is 6.07 Å². The number of anilines is 3. The van der Waals surface area contributed by atoms with Crippen molar-refractivity contribution in [2.45, 2.75) is 70.9 Å². The number of amides is 2. The highest BCUT2D eigenvalue weighted by molar-refractivity contribution is 6.07. The Bertz CT molecular complexity index is 1210. The molecule has 0 aromatic carbocycles. The SMILES string of the molecule is CC(C)CC1C(=O)C(OC(=O)COC(=O)N2CCN(c3cc(N4CCCC4)nc(N4CCCC4)n3)CC2)C2CCCN2C1=O. The number of hydrogen-bond acceptors (Lipinski definition) is 11. The summed E-state index contributed by atoms with van der Waals surface area (Å²) in [5.74, 6) is 0.689. The van der Waals surface area contributed by atoms with Crippen LogP contribution >= 0.6 is 0 Å². The minimum absolute atomic E-state index is 0.151. The predicted molar refractivity (Wildman–Crippen MR) is 163 cm³/mol. The molecule has 5 saturated heterocycles. The largest absolute Gasteiger partial charge is 0.450 e. The Labute approximate surface area is 258 Å². The Balaban J connectivity index is 1.02. The van der Waals surface area contributed by atoms with Crippen LogP contribution in [0.25, 0.3) is 0 Å². The number of carbonyl (C=O) groups is 4. The van der Waals surface area contributed by atoms with E-state index >= 15 is 0 Å². The zero-order valence-electron chi connectivity index (χ0n) is 26.0. The molecule has 0 radical (unpaired) electrons. The van der Waals surface area contributed by atoms with E-state index in [0.717, 1.165) is 63.0 Å². The van der Waals surface area contributed by atoms with Crippen molar-refractivity contribution in [3.63, 3.8) is 0 Å². The first-order chi connectivity index (χ1) is 21.3. The maximum atomic E-state index is 13.2. The minimum atomic E-state index is -1.02. The molecule has 1 aromatic heterocycles. The average Bonchev–Trinajstić information content (AvgIpc) is 3.83. The molecule has 5 aliphatic rings. The number of nitrogens with zero attached hydrogens (tertiary/aromatic N) is 7. The summed E-state index contributed by atoms with van der Waals surface area (Å²) in [5, 5.41) is 0. The second-order valence-corrected chi connectivity index (χ2v) is 13.0. The number of fused-ring (bicyclic) bond motifs is 1. The minimum Gasteiger partial charge on any atom is -0.450 e. The normalized spacial score (nSPS) is 25.7. The summed E-state index contributed by atoms with van der Waals surface area (Å²) in [7, 11) is 0. The van der Waals surface area contributed by atoms with Crippen LogP contribution in [-0.2, 0) is 23.9 Å². The standard InChI is InChI=1S/C31H45N7O6/c1-21(2)18-22-27(40)28(23-8-7-13-38(23)29(22)41)44-26(39)20-43-31(42)37-16-14-35(15-17-37)25-19-24(34-9-3-4-10-34)32-30(33-25)36-11-5-6-12-36/h19,21-23,28H,3-18,20H2,1-2H3. The molecular weight excluding hydrogens is 566 g/mol. The molecule has 5 aliphatic heterocycles. The third-order valence-corrected chi connectivity index (χ3v) is 9.50. The van der Waals surface area contributed by atoms with Crippen molar-refractivity contribution in [2.24, 2.45) is 11.8 Å². The summed E-state index contributed by atoms with van der Waals surface area (Å²) in [6.07, 6.45) is 4.82. The van der Waals surface area contributed by atoms with Crippen molar-refractivity contribution >= 4 is 41.3 Å². The monoisotopic (exact) mass is 611 g/mol. The lowest BCUT2D eigenvalue weighted by atomic mass is 9.83. The number of aromatic nitrogens is 2. The number of esters is 1. The molecule has 6 heterocycles. The third kappa shape index (κ3) is 6.41. The van der Waals surface area contributed by atoms with E-state index in [0.29, 0.717) is 45.6 Å². The van der Waals surface area contributed by atoms with Gasteiger partial charge in [0.15, 0.2) is 18.5 Å².